The molecule has 0 saturated carbocycles. The predicted octanol–water partition coefficient (Wildman–Crippen LogP) is 3.88. The first-order chi connectivity index (χ1) is 11.7. The fraction of sp³-hybridized carbons (Fsp3) is 0.381. The summed E-state index contributed by atoms with van der Waals surface area (Å²) in [5.74, 6) is 0.284. The van der Waals surface area contributed by atoms with Gasteiger partial charge in [0, 0.05) is 31.1 Å². The monoisotopic (exact) mass is 321 g/mol. The second kappa shape index (κ2) is 6.50. The van der Waals surface area contributed by atoms with Gasteiger partial charge >= 0.3 is 0 Å². The van der Waals surface area contributed by atoms with Gasteiger partial charge < -0.3 is 4.74 Å². The lowest BCUT2D eigenvalue weighted by molar-refractivity contribution is 0.0198. The van der Waals surface area contributed by atoms with Gasteiger partial charge in [-0.15, -0.1) is 0 Å². The number of ether oxygens (including phenoxy) is 1. The van der Waals surface area contributed by atoms with E-state index in [0.717, 1.165) is 38.3 Å². The lowest BCUT2D eigenvalue weighted by Gasteiger charge is -2.32. The molecule has 2 aliphatic rings. The number of hydrogen-bond donors (Lipinski definition) is 0. The maximum atomic E-state index is 11.8. The minimum atomic E-state index is 0.284. The van der Waals surface area contributed by atoms with Gasteiger partial charge in [0.25, 0.3) is 0 Å². The summed E-state index contributed by atoms with van der Waals surface area (Å²) in [6.45, 7) is 5.93. The Bertz CT molecular complexity index is 745. The average molecular weight is 321 g/mol. The summed E-state index contributed by atoms with van der Waals surface area (Å²) in [5.41, 5.74) is 5.88. The molecule has 124 valence electrons. The van der Waals surface area contributed by atoms with Gasteiger partial charge in [0.05, 0.1) is 13.2 Å². The Morgan fingerprint density at radius 2 is 1.67 bits per heavy atom. The topological polar surface area (TPSA) is 29.5 Å². The predicted molar refractivity (Wildman–Crippen MR) is 95.3 cm³/mol. The highest BCUT2D eigenvalue weighted by Gasteiger charge is 2.20. The molecule has 0 aromatic heterocycles. The van der Waals surface area contributed by atoms with Gasteiger partial charge in [-0.05, 0) is 35.6 Å². The first-order valence-electron chi connectivity index (χ1n) is 8.80. The van der Waals surface area contributed by atoms with Crippen molar-refractivity contribution in [1.29, 1.82) is 0 Å². The largest absolute Gasteiger partial charge is 0.379 e. The molecule has 1 aliphatic heterocycles. The van der Waals surface area contributed by atoms with Crippen molar-refractivity contribution in [2.45, 2.75) is 25.8 Å². The van der Waals surface area contributed by atoms with E-state index in [-0.39, 0.29) is 5.78 Å². The average Bonchev–Trinajstić information content (AvgIpc) is 3.02. The molecule has 3 nitrogen and oxygen atoms in total. The third-order valence-corrected chi connectivity index (χ3v) is 5.35. The number of aryl methyl sites for hydroxylation is 1. The van der Waals surface area contributed by atoms with Crippen LogP contribution in [-0.4, -0.2) is 37.0 Å². The molecule has 0 N–H and O–H groups in total. The standard InChI is InChI=1S/C21H23NO2/c1-15(22-10-12-24-13-11-22)16-2-4-17(5-3-16)18-6-8-20-19(14-18)7-9-21(20)23/h2-6,8,14-15H,7,9-13H2,1H3/t15-/m0/s1. The van der Waals surface area contributed by atoms with Crippen molar-refractivity contribution in [2.75, 3.05) is 26.3 Å². The van der Waals surface area contributed by atoms with Crippen LogP contribution in [-0.2, 0) is 11.2 Å². The fourth-order valence-corrected chi connectivity index (χ4v) is 3.76. The number of ketones is 1. The van der Waals surface area contributed by atoms with Crippen LogP contribution in [0.1, 0.15) is 40.9 Å². The van der Waals surface area contributed by atoms with E-state index in [1.165, 1.54) is 22.3 Å². The van der Waals surface area contributed by atoms with Gasteiger partial charge in [0.1, 0.15) is 0 Å². The van der Waals surface area contributed by atoms with E-state index in [0.29, 0.717) is 12.5 Å². The number of hydrogen-bond acceptors (Lipinski definition) is 3. The molecule has 1 atom stereocenters. The number of rotatable bonds is 3. The van der Waals surface area contributed by atoms with Gasteiger partial charge in [-0.2, -0.15) is 0 Å². The molecule has 0 radical (unpaired) electrons. The zero-order valence-electron chi connectivity index (χ0n) is 14.1. The second-order valence-corrected chi connectivity index (χ2v) is 6.74. The Labute approximate surface area is 143 Å². The number of carbonyl (C=O) groups excluding carboxylic acids is 1. The van der Waals surface area contributed by atoms with Crippen molar-refractivity contribution in [3.63, 3.8) is 0 Å². The zero-order chi connectivity index (χ0) is 16.5. The number of carbonyl (C=O) groups is 1. The number of fused-ring (bicyclic) bond motifs is 1. The van der Waals surface area contributed by atoms with E-state index < -0.39 is 0 Å². The van der Waals surface area contributed by atoms with Crippen LogP contribution in [0.3, 0.4) is 0 Å². The summed E-state index contributed by atoms with van der Waals surface area (Å²) in [6.07, 6.45) is 1.54. The quantitative estimate of drug-likeness (QED) is 0.859. The van der Waals surface area contributed by atoms with E-state index in [4.69, 9.17) is 4.74 Å². The van der Waals surface area contributed by atoms with Crippen LogP contribution in [0.2, 0.25) is 0 Å². The van der Waals surface area contributed by atoms with Crippen LogP contribution in [0.25, 0.3) is 11.1 Å². The summed E-state index contributed by atoms with van der Waals surface area (Å²) in [5, 5.41) is 0. The summed E-state index contributed by atoms with van der Waals surface area (Å²) in [4.78, 5) is 14.2. The normalized spacial score (nSPS) is 19.3. The molecule has 2 aromatic carbocycles. The molecular formula is C21H23NO2. The SMILES string of the molecule is C[C@@H](c1ccc(-c2ccc3c(c2)CCC3=O)cc1)N1CCOCC1. The van der Waals surface area contributed by atoms with Crippen LogP contribution >= 0.6 is 0 Å². The first-order valence-corrected chi connectivity index (χ1v) is 8.80. The maximum absolute atomic E-state index is 11.8. The van der Waals surface area contributed by atoms with Gasteiger partial charge in [0.15, 0.2) is 5.78 Å². The Balaban J connectivity index is 1.54. The van der Waals surface area contributed by atoms with Gasteiger partial charge in [-0.1, -0.05) is 42.5 Å². The highest BCUT2D eigenvalue weighted by molar-refractivity contribution is 6.00. The first kappa shape index (κ1) is 15.6. The fourth-order valence-electron chi connectivity index (χ4n) is 3.76. The van der Waals surface area contributed by atoms with Crippen LogP contribution in [0.15, 0.2) is 42.5 Å². The summed E-state index contributed by atoms with van der Waals surface area (Å²) >= 11 is 0. The Kier molecular flexibility index (Phi) is 4.21. The summed E-state index contributed by atoms with van der Waals surface area (Å²) in [6, 6.07) is 15.5. The molecular weight excluding hydrogens is 298 g/mol. The van der Waals surface area contributed by atoms with Crippen molar-refractivity contribution in [3.05, 3.63) is 59.2 Å². The Morgan fingerprint density at radius 3 is 2.42 bits per heavy atom. The summed E-state index contributed by atoms with van der Waals surface area (Å²) in [7, 11) is 0. The minimum absolute atomic E-state index is 0.284. The molecule has 0 bridgehead atoms. The van der Waals surface area contributed by atoms with Crippen LogP contribution < -0.4 is 0 Å². The van der Waals surface area contributed by atoms with E-state index in [2.05, 4.69) is 48.2 Å². The number of nitrogens with zero attached hydrogens (tertiary/aromatic N) is 1. The number of Topliss-reactive ketones (excluding diaryl/α,β-unsaturated/α-hetero) is 1. The van der Waals surface area contributed by atoms with Gasteiger partial charge in [-0.25, -0.2) is 0 Å². The smallest absolute Gasteiger partial charge is 0.163 e. The lowest BCUT2D eigenvalue weighted by atomic mass is 9.98. The maximum Gasteiger partial charge on any atom is 0.163 e. The molecule has 4 rings (SSSR count). The molecule has 0 amide bonds. The van der Waals surface area contributed by atoms with Gasteiger partial charge in [-0.3, -0.25) is 9.69 Å². The second-order valence-electron chi connectivity index (χ2n) is 6.74. The van der Waals surface area contributed by atoms with E-state index in [9.17, 15) is 4.79 Å². The molecule has 0 spiro atoms. The highest BCUT2D eigenvalue weighted by atomic mass is 16.5. The minimum Gasteiger partial charge on any atom is -0.379 e. The Hall–Kier alpha value is -1.97. The van der Waals surface area contributed by atoms with Crippen molar-refractivity contribution in [3.8, 4) is 11.1 Å². The van der Waals surface area contributed by atoms with Gasteiger partial charge in [0.2, 0.25) is 0 Å². The zero-order valence-corrected chi connectivity index (χ0v) is 14.1. The molecule has 2 aromatic rings. The van der Waals surface area contributed by atoms with Crippen molar-refractivity contribution in [1.82, 2.24) is 4.90 Å². The lowest BCUT2D eigenvalue weighted by Crippen LogP contribution is -2.37. The van der Waals surface area contributed by atoms with Crippen molar-refractivity contribution < 1.29 is 9.53 Å². The van der Waals surface area contributed by atoms with Crippen LogP contribution in [0.4, 0.5) is 0 Å². The molecule has 1 aliphatic carbocycles. The molecule has 1 heterocycles. The van der Waals surface area contributed by atoms with E-state index in [1.807, 2.05) is 6.07 Å². The Morgan fingerprint density at radius 1 is 0.958 bits per heavy atom. The molecule has 1 fully saturated rings. The third-order valence-electron chi connectivity index (χ3n) is 5.35. The summed E-state index contributed by atoms with van der Waals surface area (Å²) < 4.78 is 5.44. The molecule has 24 heavy (non-hydrogen) atoms. The molecule has 3 heteroatoms. The van der Waals surface area contributed by atoms with E-state index >= 15 is 0 Å². The highest BCUT2D eigenvalue weighted by Crippen LogP contribution is 2.29. The number of benzene rings is 2. The third kappa shape index (κ3) is 2.90. The van der Waals surface area contributed by atoms with Crippen LogP contribution in [0.5, 0.6) is 0 Å². The van der Waals surface area contributed by atoms with Crippen molar-refractivity contribution in [2.24, 2.45) is 0 Å². The number of morpholine rings is 1. The molecule has 0 unspecified atom stereocenters. The molecule has 1 saturated heterocycles. The van der Waals surface area contributed by atoms with E-state index in [1.54, 1.807) is 0 Å². The van der Waals surface area contributed by atoms with Crippen LogP contribution in [0, 0.1) is 0 Å². The van der Waals surface area contributed by atoms with Crippen molar-refractivity contribution >= 4 is 5.78 Å².